The third kappa shape index (κ3) is 2.42. The zero-order chi connectivity index (χ0) is 18.5. The lowest BCUT2D eigenvalue weighted by molar-refractivity contribution is 0.510. The van der Waals surface area contributed by atoms with Gasteiger partial charge in [0.2, 0.25) is 0 Å². The Labute approximate surface area is 150 Å². The summed E-state index contributed by atoms with van der Waals surface area (Å²) < 4.78 is 28.3. The van der Waals surface area contributed by atoms with Crippen LogP contribution in [0.4, 0.5) is 8.78 Å². The van der Waals surface area contributed by atoms with E-state index in [0.29, 0.717) is 33.7 Å². The second-order valence-electron chi connectivity index (χ2n) is 6.05. The lowest BCUT2D eigenvalue weighted by Crippen LogP contribution is -2.14. The van der Waals surface area contributed by atoms with Crippen molar-refractivity contribution < 1.29 is 8.78 Å². The summed E-state index contributed by atoms with van der Waals surface area (Å²) in [5.41, 5.74) is 3.03. The molecule has 0 saturated carbocycles. The molecule has 0 fully saturated rings. The molecule has 132 valence electrons. The summed E-state index contributed by atoms with van der Waals surface area (Å²) in [6.45, 7) is 0. The number of imidazole rings is 2. The molecule has 0 saturated heterocycles. The molecule has 5 aromatic rings. The Morgan fingerprint density at radius 2 is 1.74 bits per heavy atom. The second-order valence-corrected chi connectivity index (χ2v) is 6.05. The number of rotatable bonds is 2. The fraction of sp³-hybridized carbons (Fsp3) is 0. The average molecular weight is 363 g/mol. The van der Waals surface area contributed by atoms with Gasteiger partial charge >= 0.3 is 5.69 Å². The van der Waals surface area contributed by atoms with Crippen LogP contribution < -0.4 is 5.69 Å². The Bertz CT molecular complexity index is 1330. The van der Waals surface area contributed by atoms with Crippen LogP contribution in [0.15, 0.2) is 59.5 Å². The first kappa shape index (κ1) is 15.4. The summed E-state index contributed by atoms with van der Waals surface area (Å²) in [5.74, 6) is -1.39. The van der Waals surface area contributed by atoms with Crippen LogP contribution in [0.25, 0.3) is 39.3 Å². The summed E-state index contributed by atoms with van der Waals surface area (Å²) >= 11 is 0. The van der Waals surface area contributed by atoms with Crippen LogP contribution in [0.2, 0.25) is 0 Å². The van der Waals surface area contributed by atoms with Crippen LogP contribution in [0, 0.1) is 11.6 Å². The molecule has 2 aromatic carbocycles. The van der Waals surface area contributed by atoms with Gasteiger partial charge in [-0.25, -0.2) is 23.5 Å². The normalized spacial score (nSPS) is 11.5. The van der Waals surface area contributed by atoms with Gasteiger partial charge in [-0.3, -0.25) is 9.55 Å². The van der Waals surface area contributed by atoms with Crippen LogP contribution in [-0.2, 0) is 0 Å². The van der Waals surface area contributed by atoms with E-state index in [9.17, 15) is 13.6 Å². The Morgan fingerprint density at radius 1 is 0.963 bits per heavy atom. The maximum Gasteiger partial charge on any atom is 0.332 e. The molecular weight excluding hydrogens is 352 g/mol. The molecule has 5 rings (SSSR count). The summed E-state index contributed by atoms with van der Waals surface area (Å²) in [6.07, 6.45) is 1.61. The number of pyridine rings is 1. The Hall–Kier alpha value is -3.81. The molecule has 0 radical (unpaired) electrons. The van der Waals surface area contributed by atoms with E-state index in [2.05, 4.69) is 19.9 Å². The van der Waals surface area contributed by atoms with Crippen molar-refractivity contribution in [3.8, 4) is 17.1 Å². The minimum absolute atomic E-state index is 0.286. The van der Waals surface area contributed by atoms with Crippen molar-refractivity contribution in [2.24, 2.45) is 0 Å². The summed E-state index contributed by atoms with van der Waals surface area (Å²) in [4.78, 5) is 26.4. The number of benzene rings is 2. The number of fused-ring (bicyclic) bond motifs is 2. The average Bonchev–Trinajstić information content (AvgIpc) is 3.22. The molecule has 3 heterocycles. The molecule has 0 aliphatic carbocycles. The molecular formula is C19H11F2N5O. The molecule has 8 heteroatoms. The van der Waals surface area contributed by atoms with Gasteiger partial charge in [-0.1, -0.05) is 0 Å². The molecule has 0 atom stereocenters. The Morgan fingerprint density at radius 3 is 2.56 bits per heavy atom. The summed E-state index contributed by atoms with van der Waals surface area (Å²) in [7, 11) is 0. The highest BCUT2D eigenvalue weighted by molar-refractivity contribution is 5.80. The van der Waals surface area contributed by atoms with Crippen molar-refractivity contribution in [3.05, 3.63) is 76.8 Å². The van der Waals surface area contributed by atoms with Gasteiger partial charge in [0.15, 0.2) is 17.3 Å². The maximum absolute atomic E-state index is 13.4. The number of nitrogens with one attached hydrogen (secondary N) is 2. The molecule has 0 bridgehead atoms. The van der Waals surface area contributed by atoms with E-state index in [1.807, 2.05) is 0 Å². The summed E-state index contributed by atoms with van der Waals surface area (Å²) in [5, 5.41) is 0. The van der Waals surface area contributed by atoms with E-state index >= 15 is 0 Å². The van der Waals surface area contributed by atoms with Gasteiger partial charge < -0.3 is 4.98 Å². The van der Waals surface area contributed by atoms with E-state index in [4.69, 9.17) is 0 Å². The lowest BCUT2D eigenvalue weighted by atomic mass is 10.2. The molecule has 3 aromatic heterocycles. The van der Waals surface area contributed by atoms with E-state index < -0.39 is 11.6 Å². The van der Waals surface area contributed by atoms with Crippen molar-refractivity contribution in [2.45, 2.75) is 0 Å². The van der Waals surface area contributed by atoms with Crippen LogP contribution in [0.1, 0.15) is 0 Å². The fourth-order valence-corrected chi connectivity index (χ4v) is 3.11. The predicted octanol–water partition coefficient (Wildman–Crippen LogP) is 3.54. The monoisotopic (exact) mass is 363 g/mol. The molecule has 0 spiro atoms. The SMILES string of the molecule is O=c1[nH]c2ncccc2n1-c1ccc(-c2nc3cc(F)c(F)cc3[nH]2)cc1. The van der Waals surface area contributed by atoms with Gasteiger partial charge in [0, 0.05) is 23.9 Å². The Balaban J connectivity index is 1.59. The first-order valence-electron chi connectivity index (χ1n) is 8.11. The van der Waals surface area contributed by atoms with Gasteiger partial charge in [-0.15, -0.1) is 0 Å². The molecule has 6 nitrogen and oxygen atoms in total. The maximum atomic E-state index is 13.4. The number of aromatic amines is 2. The topological polar surface area (TPSA) is 79.4 Å². The zero-order valence-electron chi connectivity index (χ0n) is 13.7. The molecule has 0 aliphatic rings. The highest BCUT2D eigenvalue weighted by Gasteiger charge is 2.12. The van der Waals surface area contributed by atoms with E-state index in [0.717, 1.165) is 17.7 Å². The standard InChI is InChI=1S/C19H11F2N5O/c20-12-8-14-15(9-13(12)21)24-17(23-14)10-3-5-11(6-4-10)26-16-2-1-7-22-18(16)25-19(26)27/h1-9H,(H,23,24)(H,22,25,27). The molecule has 0 aliphatic heterocycles. The highest BCUT2D eigenvalue weighted by atomic mass is 19.2. The smallest absolute Gasteiger partial charge is 0.332 e. The minimum atomic E-state index is -0.941. The molecule has 27 heavy (non-hydrogen) atoms. The van der Waals surface area contributed by atoms with Crippen molar-refractivity contribution in [1.29, 1.82) is 0 Å². The predicted molar refractivity (Wildman–Crippen MR) is 96.7 cm³/mol. The molecule has 0 amide bonds. The van der Waals surface area contributed by atoms with Gasteiger partial charge in [-0.2, -0.15) is 0 Å². The quantitative estimate of drug-likeness (QED) is 0.504. The van der Waals surface area contributed by atoms with Crippen molar-refractivity contribution in [3.63, 3.8) is 0 Å². The third-order valence-electron chi connectivity index (χ3n) is 4.38. The van der Waals surface area contributed by atoms with Gasteiger partial charge in [-0.05, 0) is 36.4 Å². The Kier molecular flexibility index (Phi) is 3.20. The minimum Gasteiger partial charge on any atom is -0.338 e. The highest BCUT2D eigenvalue weighted by Crippen LogP contribution is 2.24. The molecule has 0 unspecified atom stereocenters. The van der Waals surface area contributed by atoms with E-state index in [1.54, 1.807) is 42.6 Å². The van der Waals surface area contributed by atoms with Crippen molar-refractivity contribution >= 4 is 22.2 Å². The van der Waals surface area contributed by atoms with Gasteiger partial charge in [0.1, 0.15) is 5.82 Å². The van der Waals surface area contributed by atoms with Crippen LogP contribution >= 0.6 is 0 Å². The third-order valence-corrected chi connectivity index (χ3v) is 4.38. The van der Waals surface area contributed by atoms with Crippen LogP contribution in [-0.4, -0.2) is 24.5 Å². The van der Waals surface area contributed by atoms with E-state index in [-0.39, 0.29) is 5.69 Å². The largest absolute Gasteiger partial charge is 0.338 e. The number of nitrogens with zero attached hydrogens (tertiary/aromatic N) is 3. The number of aromatic nitrogens is 5. The molecule has 2 N–H and O–H groups in total. The second kappa shape index (κ2) is 5.60. The van der Waals surface area contributed by atoms with Crippen molar-refractivity contribution in [2.75, 3.05) is 0 Å². The number of H-pyrrole nitrogens is 2. The summed E-state index contributed by atoms with van der Waals surface area (Å²) in [6, 6.07) is 12.8. The first-order valence-corrected chi connectivity index (χ1v) is 8.11. The van der Waals surface area contributed by atoms with E-state index in [1.165, 1.54) is 4.57 Å². The fourth-order valence-electron chi connectivity index (χ4n) is 3.11. The van der Waals surface area contributed by atoms with Crippen molar-refractivity contribution in [1.82, 2.24) is 24.5 Å². The number of hydrogen-bond donors (Lipinski definition) is 2. The van der Waals surface area contributed by atoms with Crippen LogP contribution in [0.5, 0.6) is 0 Å². The van der Waals surface area contributed by atoms with Gasteiger partial charge in [0.25, 0.3) is 0 Å². The first-order chi connectivity index (χ1) is 13.1. The lowest BCUT2D eigenvalue weighted by Gasteiger charge is -2.04. The number of hydrogen-bond acceptors (Lipinski definition) is 3. The van der Waals surface area contributed by atoms with Crippen LogP contribution in [0.3, 0.4) is 0 Å². The zero-order valence-corrected chi connectivity index (χ0v) is 13.7. The number of halogens is 2. The van der Waals surface area contributed by atoms with Gasteiger partial charge in [0.05, 0.1) is 22.2 Å².